The third kappa shape index (κ3) is 13.5. The molecule has 0 aliphatic rings. The summed E-state index contributed by atoms with van der Waals surface area (Å²) in [5, 5.41) is 0. The van der Waals surface area contributed by atoms with Crippen molar-refractivity contribution in [3.05, 3.63) is 65.7 Å². The molecule has 0 saturated heterocycles. The molecule has 2 atom stereocenters. The molecule has 0 aromatic heterocycles. The van der Waals surface area contributed by atoms with Crippen LogP contribution in [0.5, 0.6) is 5.75 Å². The highest BCUT2D eigenvalue weighted by Crippen LogP contribution is 2.23. The molecule has 218 valence electrons. The van der Waals surface area contributed by atoms with Gasteiger partial charge < -0.3 is 14.0 Å². The maximum Gasteiger partial charge on any atom is 0.364 e. The van der Waals surface area contributed by atoms with Crippen LogP contribution in [0.2, 0.25) is 0 Å². The van der Waals surface area contributed by atoms with Gasteiger partial charge in [-0.2, -0.15) is 0 Å². The second kappa shape index (κ2) is 18.9. The summed E-state index contributed by atoms with van der Waals surface area (Å²) >= 11 is 0. The molecule has 2 unspecified atom stereocenters. The average Bonchev–Trinajstić information content (AvgIpc) is 2.92. The first-order valence-corrected chi connectivity index (χ1v) is 15.6. The monoisotopic (exact) mass is 538 g/mol. The largest absolute Gasteiger partial charge is 0.490 e. The normalized spacial score (nSPS) is 13.2. The first-order valence-electron chi connectivity index (χ1n) is 15.6. The van der Waals surface area contributed by atoms with Crippen molar-refractivity contribution in [2.75, 3.05) is 20.7 Å². The number of unbranched alkanes of at least 4 members (excludes halogenated alkanes) is 10. The zero-order valence-corrected chi connectivity index (χ0v) is 25.6. The Morgan fingerprint density at radius 3 is 1.97 bits per heavy atom. The minimum Gasteiger partial charge on any atom is -0.490 e. The Hall–Kier alpha value is -2.33. The van der Waals surface area contributed by atoms with Gasteiger partial charge in [0.15, 0.2) is 6.04 Å². The zero-order chi connectivity index (χ0) is 28.3. The van der Waals surface area contributed by atoms with Crippen molar-refractivity contribution >= 4 is 5.97 Å². The molecule has 2 rings (SSSR count). The summed E-state index contributed by atoms with van der Waals surface area (Å²) in [6, 6.07) is 18.5. The number of esters is 1. The number of benzene rings is 2. The van der Waals surface area contributed by atoms with Crippen LogP contribution < -0.4 is 4.74 Å². The Labute approximate surface area is 239 Å². The number of ether oxygens (including phenoxy) is 2. The van der Waals surface area contributed by atoms with Crippen molar-refractivity contribution in [2.24, 2.45) is 0 Å². The van der Waals surface area contributed by atoms with E-state index in [9.17, 15) is 4.79 Å². The number of nitrogens with zero attached hydrogens (tertiary/aromatic N) is 1. The Balaban J connectivity index is 1.65. The van der Waals surface area contributed by atoms with E-state index in [0.29, 0.717) is 17.5 Å². The van der Waals surface area contributed by atoms with E-state index in [1.165, 1.54) is 81.8 Å². The molecule has 0 saturated carbocycles. The van der Waals surface area contributed by atoms with E-state index in [1.807, 2.05) is 31.2 Å². The molecule has 0 heterocycles. The van der Waals surface area contributed by atoms with E-state index in [1.54, 1.807) is 0 Å². The van der Waals surface area contributed by atoms with E-state index >= 15 is 0 Å². The Morgan fingerprint density at radius 2 is 1.33 bits per heavy atom. The highest BCUT2D eigenvalue weighted by Gasteiger charge is 2.32. The van der Waals surface area contributed by atoms with Crippen LogP contribution in [0.25, 0.3) is 0 Å². The average molecular weight is 539 g/mol. The lowest BCUT2D eigenvalue weighted by Crippen LogP contribution is -2.51. The molecule has 0 radical (unpaired) electrons. The number of carbonyl (C=O) groups excluding carboxylic acids is 1. The van der Waals surface area contributed by atoms with Gasteiger partial charge in [-0.25, -0.2) is 4.79 Å². The SMILES string of the molecule is CCCCCCCCCCCCCc1ccccc1OC(C)CCOC(=O)C(C)[N+](C)(C)Cc1ccccc1. The van der Waals surface area contributed by atoms with Crippen LogP contribution in [-0.2, 0) is 22.5 Å². The first kappa shape index (κ1) is 32.9. The van der Waals surface area contributed by atoms with Crippen molar-refractivity contribution in [1.29, 1.82) is 0 Å². The van der Waals surface area contributed by atoms with Crippen LogP contribution in [0.4, 0.5) is 0 Å². The van der Waals surface area contributed by atoms with Gasteiger partial charge in [0.1, 0.15) is 12.3 Å². The van der Waals surface area contributed by atoms with Gasteiger partial charge in [-0.3, -0.25) is 0 Å². The van der Waals surface area contributed by atoms with Gasteiger partial charge in [0, 0.05) is 12.0 Å². The maximum atomic E-state index is 12.8. The minimum atomic E-state index is -0.243. The maximum absolute atomic E-state index is 12.8. The van der Waals surface area contributed by atoms with E-state index in [-0.39, 0.29) is 18.1 Å². The Bertz CT molecular complexity index is 911. The fourth-order valence-corrected chi connectivity index (χ4v) is 5.00. The van der Waals surface area contributed by atoms with Crippen LogP contribution in [0.3, 0.4) is 0 Å². The van der Waals surface area contributed by atoms with Crippen molar-refractivity contribution in [3.8, 4) is 5.75 Å². The molecule has 2 aromatic carbocycles. The van der Waals surface area contributed by atoms with Crippen LogP contribution in [-0.4, -0.2) is 43.3 Å². The number of likely N-dealkylation sites (N-methyl/N-ethyl adjacent to an activating group) is 1. The fraction of sp³-hybridized carbons (Fsp3) is 0.629. The van der Waals surface area contributed by atoms with Gasteiger partial charge in [-0.05, 0) is 38.3 Å². The highest BCUT2D eigenvalue weighted by atomic mass is 16.5. The molecule has 0 bridgehead atoms. The lowest BCUT2D eigenvalue weighted by Gasteiger charge is -2.34. The molecule has 4 heteroatoms. The van der Waals surface area contributed by atoms with Gasteiger partial charge in [-0.1, -0.05) is 120 Å². The smallest absolute Gasteiger partial charge is 0.364 e. The number of hydrogen-bond donors (Lipinski definition) is 0. The molecular formula is C35H56NO3+. The molecule has 2 aromatic rings. The quantitative estimate of drug-likeness (QED) is 0.0904. The summed E-state index contributed by atoms with van der Waals surface area (Å²) in [6.45, 7) is 7.45. The van der Waals surface area contributed by atoms with Gasteiger partial charge in [0.2, 0.25) is 0 Å². The minimum absolute atomic E-state index is 0.0154. The molecule has 39 heavy (non-hydrogen) atoms. The summed E-state index contributed by atoms with van der Waals surface area (Å²) < 4.78 is 12.5. The van der Waals surface area contributed by atoms with E-state index in [0.717, 1.165) is 18.7 Å². The third-order valence-electron chi connectivity index (χ3n) is 7.94. The summed E-state index contributed by atoms with van der Waals surface area (Å²) in [5.41, 5.74) is 2.50. The number of aryl methyl sites for hydroxylation is 1. The van der Waals surface area contributed by atoms with Crippen LogP contribution in [0, 0.1) is 0 Å². The molecule has 4 nitrogen and oxygen atoms in total. The van der Waals surface area contributed by atoms with Crippen LogP contribution in [0.1, 0.15) is 109 Å². The second-order valence-corrected chi connectivity index (χ2v) is 11.9. The number of rotatable bonds is 21. The fourth-order valence-electron chi connectivity index (χ4n) is 5.00. The van der Waals surface area contributed by atoms with Crippen LogP contribution in [0.15, 0.2) is 54.6 Å². The third-order valence-corrected chi connectivity index (χ3v) is 7.94. The predicted molar refractivity (Wildman–Crippen MR) is 164 cm³/mol. The highest BCUT2D eigenvalue weighted by molar-refractivity contribution is 5.74. The molecule has 0 N–H and O–H groups in total. The van der Waals surface area contributed by atoms with Crippen molar-refractivity contribution in [3.63, 3.8) is 0 Å². The molecule has 0 aliphatic heterocycles. The first-order chi connectivity index (χ1) is 18.8. The predicted octanol–water partition coefficient (Wildman–Crippen LogP) is 8.91. The van der Waals surface area contributed by atoms with Gasteiger partial charge >= 0.3 is 5.97 Å². The van der Waals surface area contributed by atoms with Gasteiger partial charge in [0.25, 0.3) is 0 Å². The van der Waals surface area contributed by atoms with E-state index in [2.05, 4.69) is 58.3 Å². The summed E-state index contributed by atoms with van der Waals surface area (Å²) in [4.78, 5) is 12.8. The summed E-state index contributed by atoms with van der Waals surface area (Å²) in [5.74, 6) is 0.817. The Kier molecular flexibility index (Phi) is 15.9. The number of para-hydroxylation sites is 1. The lowest BCUT2D eigenvalue weighted by atomic mass is 10.0. The topological polar surface area (TPSA) is 35.5 Å². The van der Waals surface area contributed by atoms with Crippen molar-refractivity contribution in [1.82, 2.24) is 0 Å². The summed E-state index contributed by atoms with van der Waals surface area (Å²) in [7, 11) is 4.16. The molecule has 0 fully saturated rings. The number of quaternary nitrogens is 1. The Morgan fingerprint density at radius 1 is 0.769 bits per heavy atom. The van der Waals surface area contributed by atoms with Gasteiger partial charge in [-0.15, -0.1) is 0 Å². The van der Waals surface area contributed by atoms with E-state index < -0.39 is 0 Å². The second-order valence-electron chi connectivity index (χ2n) is 11.9. The zero-order valence-electron chi connectivity index (χ0n) is 25.6. The standard InChI is InChI=1S/C35H56NO3/c1-6-7-8-9-10-11-12-13-14-15-19-24-33-25-20-21-26-34(33)39-30(2)27-28-38-35(37)31(3)36(4,5)29-32-22-17-16-18-23-32/h16-18,20-23,25-26,30-31H,6-15,19,24,27-29H2,1-5H3/q+1. The van der Waals surface area contributed by atoms with Crippen molar-refractivity contribution < 1.29 is 18.8 Å². The summed E-state index contributed by atoms with van der Waals surface area (Å²) in [6.07, 6.45) is 16.6. The molecule has 0 spiro atoms. The van der Waals surface area contributed by atoms with Gasteiger partial charge in [0.05, 0.1) is 26.8 Å². The number of hydrogen-bond acceptors (Lipinski definition) is 3. The molecule has 0 aliphatic carbocycles. The number of carbonyl (C=O) groups is 1. The van der Waals surface area contributed by atoms with Crippen molar-refractivity contribution in [2.45, 2.75) is 123 Å². The molecule has 0 amide bonds. The van der Waals surface area contributed by atoms with E-state index in [4.69, 9.17) is 9.47 Å². The van der Waals surface area contributed by atoms with Crippen LogP contribution >= 0.6 is 0 Å². The molecular weight excluding hydrogens is 482 g/mol. The lowest BCUT2D eigenvalue weighted by molar-refractivity contribution is -0.917.